The van der Waals surface area contributed by atoms with Gasteiger partial charge in [-0.2, -0.15) is 0 Å². The first kappa shape index (κ1) is 19.0. The largest absolute Gasteiger partial charge is 0.484 e. The maximum atomic E-state index is 12.3. The zero-order chi connectivity index (χ0) is 19.2. The van der Waals surface area contributed by atoms with E-state index in [4.69, 9.17) is 9.15 Å². The number of hydrogen-bond acceptors (Lipinski definition) is 4. The predicted molar refractivity (Wildman–Crippen MR) is 102 cm³/mol. The Kier molecular flexibility index (Phi) is 6.16. The van der Waals surface area contributed by atoms with E-state index in [0.29, 0.717) is 42.6 Å². The molecule has 1 aliphatic rings. The van der Waals surface area contributed by atoms with E-state index in [2.05, 4.69) is 5.32 Å². The molecule has 1 N–H and O–H groups in total. The molecule has 0 aliphatic carbocycles. The lowest BCUT2D eigenvalue weighted by molar-refractivity contribution is -0.134. The molecule has 0 atom stereocenters. The quantitative estimate of drug-likeness (QED) is 0.849. The zero-order valence-electron chi connectivity index (χ0n) is 15.9. The lowest BCUT2D eigenvalue weighted by atomic mass is 9.96. The summed E-state index contributed by atoms with van der Waals surface area (Å²) < 4.78 is 10.9. The first-order chi connectivity index (χ1) is 13.0. The molecule has 3 rings (SSSR count). The van der Waals surface area contributed by atoms with E-state index >= 15 is 0 Å². The van der Waals surface area contributed by atoms with Crippen LogP contribution in [-0.2, 0) is 4.79 Å². The molecule has 27 heavy (non-hydrogen) atoms. The number of ether oxygens (including phenoxy) is 1. The van der Waals surface area contributed by atoms with Gasteiger partial charge in [-0.1, -0.05) is 18.2 Å². The highest BCUT2D eigenvalue weighted by Crippen LogP contribution is 2.18. The van der Waals surface area contributed by atoms with E-state index in [9.17, 15) is 9.59 Å². The van der Waals surface area contributed by atoms with Gasteiger partial charge in [0.1, 0.15) is 17.3 Å². The van der Waals surface area contributed by atoms with Gasteiger partial charge in [-0.25, -0.2) is 0 Å². The Morgan fingerprint density at radius 1 is 1.19 bits per heavy atom. The molecule has 1 aliphatic heterocycles. The van der Waals surface area contributed by atoms with Crippen molar-refractivity contribution >= 4 is 11.8 Å². The van der Waals surface area contributed by atoms with Crippen LogP contribution in [0.15, 0.2) is 40.8 Å². The van der Waals surface area contributed by atoms with Gasteiger partial charge in [0.2, 0.25) is 0 Å². The Bertz CT molecular complexity index is 777. The smallest absolute Gasteiger partial charge is 0.260 e. The van der Waals surface area contributed by atoms with Crippen molar-refractivity contribution in [3.8, 4) is 5.75 Å². The molecule has 1 saturated heterocycles. The molecule has 6 nitrogen and oxygen atoms in total. The van der Waals surface area contributed by atoms with Gasteiger partial charge in [-0.05, 0) is 50.8 Å². The summed E-state index contributed by atoms with van der Waals surface area (Å²) in [7, 11) is 0. The zero-order valence-corrected chi connectivity index (χ0v) is 15.9. The SMILES string of the molecule is Cc1cc(C(=O)NCC2CCN(C(=O)COc3ccccc3)CC2)c(C)o1. The number of furan rings is 1. The van der Waals surface area contributed by atoms with Gasteiger partial charge in [-0.3, -0.25) is 9.59 Å². The number of para-hydroxylation sites is 1. The molecule has 0 unspecified atom stereocenters. The first-order valence-corrected chi connectivity index (χ1v) is 9.34. The van der Waals surface area contributed by atoms with Crippen LogP contribution in [0.3, 0.4) is 0 Å². The monoisotopic (exact) mass is 370 g/mol. The summed E-state index contributed by atoms with van der Waals surface area (Å²) in [6.45, 7) is 5.69. The number of aryl methyl sites for hydroxylation is 2. The second kappa shape index (κ2) is 8.75. The fourth-order valence-electron chi connectivity index (χ4n) is 3.33. The number of nitrogens with one attached hydrogen (secondary N) is 1. The maximum Gasteiger partial charge on any atom is 0.260 e. The Hall–Kier alpha value is -2.76. The van der Waals surface area contributed by atoms with Crippen molar-refractivity contribution in [2.24, 2.45) is 5.92 Å². The van der Waals surface area contributed by atoms with Crippen molar-refractivity contribution in [1.29, 1.82) is 0 Å². The third-order valence-electron chi connectivity index (χ3n) is 4.91. The van der Waals surface area contributed by atoms with Crippen LogP contribution in [0.2, 0.25) is 0 Å². The molecule has 1 fully saturated rings. The fourth-order valence-corrected chi connectivity index (χ4v) is 3.33. The van der Waals surface area contributed by atoms with Gasteiger partial charge >= 0.3 is 0 Å². The number of amides is 2. The predicted octanol–water partition coefficient (Wildman–Crippen LogP) is 2.94. The first-order valence-electron chi connectivity index (χ1n) is 9.34. The van der Waals surface area contributed by atoms with E-state index < -0.39 is 0 Å². The van der Waals surface area contributed by atoms with Crippen LogP contribution in [0.4, 0.5) is 0 Å². The van der Waals surface area contributed by atoms with Crippen LogP contribution in [0, 0.1) is 19.8 Å². The number of carbonyl (C=O) groups excluding carboxylic acids is 2. The van der Waals surface area contributed by atoms with Crippen LogP contribution >= 0.6 is 0 Å². The van der Waals surface area contributed by atoms with E-state index in [1.54, 1.807) is 13.0 Å². The molecule has 2 amide bonds. The average molecular weight is 370 g/mol. The highest BCUT2D eigenvalue weighted by atomic mass is 16.5. The normalized spacial score (nSPS) is 14.8. The van der Waals surface area contributed by atoms with Crippen molar-refractivity contribution in [3.05, 3.63) is 53.5 Å². The minimum atomic E-state index is -0.0980. The number of likely N-dealkylation sites (tertiary alicyclic amines) is 1. The summed E-state index contributed by atoms with van der Waals surface area (Å²) >= 11 is 0. The summed E-state index contributed by atoms with van der Waals surface area (Å²) in [6, 6.07) is 11.1. The number of rotatable bonds is 6. The van der Waals surface area contributed by atoms with E-state index in [1.165, 1.54) is 0 Å². The minimum Gasteiger partial charge on any atom is -0.484 e. The van der Waals surface area contributed by atoms with Gasteiger partial charge in [0.25, 0.3) is 11.8 Å². The average Bonchev–Trinajstić information content (AvgIpc) is 3.03. The van der Waals surface area contributed by atoms with Crippen molar-refractivity contribution < 1.29 is 18.7 Å². The second-order valence-corrected chi connectivity index (χ2v) is 6.96. The summed E-state index contributed by atoms with van der Waals surface area (Å²) in [4.78, 5) is 26.4. The molecule has 2 aromatic rings. The molecule has 0 bridgehead atoms. The van der Waals surface area contributed by atoms with Crippen LogP contribution in [0.1, 0.15) is 34.7 Å². The highest BCUT2D eigenvalue weighted by Gasteiger charge is 2.24. The Morgan fingerprint density at radius 3 is 2.52 bits per heavy atom. The van der Waals surface area contributed by atoms with Crippen molar-refractivity contribution in [3.63, 3.8) is 0 Å². The van der Waals surface area contributed by atoms with E-state index in [1.807, 2.05) is 42.2 Å². The Labute approximate surface area is 159 Å². The van der Waals surface area contributed by atoms with Crippen molar-refractivity contribution in [2.45, 2.75) is 26.7 Å². The van der Waals surface area contributed by atoms with Crippen LogP contribution < -0.4 is 10.1 Å². The van der Waals surface area contributed by atoms with Gasteiger partial charge in [0.15, 0.2) is 6.61 Å². The summed E-state index contributed by atoms with van der Waals surface area (Å²) in [6.07, 6.45) is 1.75. The van der Waals surface area contributed by atoms with Gasteiger partial charge in [0, 0.05) is 19.6 Å². The van der Waals surface area contributed by atoms with Crippen molar-refractivity contribution in [2.75, 3.05) is 26.2 Å². The fraction of sp³-hybridized carbons (Fsp3) is 0.429. The van der Waals surface area contributed by atoms with E-state index in [0.717, 1.165) is 18.6 Å². The molecule has 1 aromatic heterocycles. The van der Waals surface area contributed by atoms with Gasteiger partial charge < -0.3 is 19.4 Å². The molecule has 2 heterocycles. The summed E-state index contributed by atoms with van der Waals surface area (Å²) in [5.41, 5.74) is 0.596. The molecule has 0 spiro atoms. The van der Waals surface area contributed by atoms with Crippen molar-refractivity contribution in [1.82, 2.24) is 10.2 Å². The van der Waals surface area contributed by atoms with Gasteiger partial charge in [0.05, 0.1) is 5.56 Å². The summed E-state index contributed by atoms with van der Waals surface area (Å²) in [5, 5.41) is 2.99. The second-order valence-electron chi connectivity index (χ2n) is 6.96. The topological polar surface area (TPSA) is 71.8 Å². The molecule has 0 saturated carbocycles. The summed E-state index contributed by atoms with van der Waals surface area (Å²) in [5.74, 6) is 2.37. The molecule has 6 heteroatoms. The Morgan fingerprint density at radius 2 is 1.89 bits per heavy atom. The standard InChI is InChI=1S/C21H26N2O4/c1-15-12-19(16(2)27-15)21(25)22-13-17-8-10-23(11-9-17)20(24)14-26-18-6-4-3-5-7-18/h3-7,12,17H,8-11,13-14H2,1-2H3,(H,22,25). The van der Waals surface area contributed by atoms with Crippen LogP contribution in [-0.4, -0.2) is 43.0 Å². The van der Waals surface area contributed by atoms with Crippen LogP contribution in [0.25, 0.3) is 0 Å². The Balaban J connectivity index is 1.39. The van der Waals surface area contributed by atoms with Crippen LogP contribution in [0.5, 0.6) is 5.75 Å². The third kappa shape index (κ3) is 5.12. The molecule has 1 aromatic carbocycles. The third-order valence-corrected chi connectivity index (χ3v) is 4.91. The highest BCUT2D eigenvalue weighted by molar-refractivity contribution is 5.95. The number of nitrogens with zero attached hydrogens (tertiary/aromatic N) is 1. The number of benzene rings is 1. The molecule has 0 radical (unpaired) electrons. The number of hydrogen-bond donors (Lipinski definition) is 1. The number of piperidine rings is 1. The van der Waals surface area contributed by atoms with Gasteiger partial charge in [-0.15, -0.1) is 0 Å². The van der Waals surface area contributed by atoms with E-state index in [-0.39, 0.29) is 18.4 Å². The molecular formula is C21H26N2O4. The minimum absolute atomic E-state index is 0.00540. The molecule has 144 valence electrons. The lowest BCUT2D eigenvalue weighted by Gasteiger charge is -2.32. The lowest BCUT2D eigenvalue weighted by Crippen LogP contribution is -2.43. The number of carbonyl (C=O) groups is 2. The maximum absolute atomic E-state index is 12.3. The molecular weight excluding hydrogens is 344 g/mol.